The van der Waals surface area contributed by atoms with E-state index in [1.165, 1.54) is 18.3 Å². The molecule has 5 atom stereocenters. The molecule has 0 bridgehead atoms. The van der Waals surface area contributed by atoms with Gasteiger partial charge < -0.3 is 31.5 Å². The van der Waals surface area contributed by atoms with Crippen LogP contribution in [0.4, 0.5) is 11.8 Å². The minimum absolute atomic E-state index is 0.0416. The zero-order valence-electron chi connectivity index (χ0n) is 23.4. The number of hydrogen-bond acceptors (Lipinski definition) is 14. The molecule has 0 radical (unpaired) electrons. The number of nitrogens with two attached hydrogens (primary N) is 2. The van der Waals surface area contributed by atoms with Crippen LogP contribution in [-0.2, 0) is 29.7 Å². The predicted molar refractivity (Wildman–Crippen MR) is 162 cm³/mol. The minimum Gasteiger partial charge on any atom is -0.395 e. The quantitative estimate of drug-likeness (QED) is 0.117. The molecule has 8 N–H and O–H groups in total. The number of carbonyl (C=O) groups is 1. The number of fused-ring (bicyclic) bond motifs is 1. The van der Waals surface area contributed by atoms with Gasteiger partial charge in [0.15, 0.2) is 5.12 Å². The van der Waals surface area contributed by atoms with Crippen LogP contribution < -0.4 is 16.6 Å². The highest BCUT2D eigenvalue weighted by Crippen LogP contribution is 2.49. The second kappa shape index (κ2) is 13.2. The first-order valence-corrected chi connectivity index (χ1v) is 16.5. The van der Waals surface area contributed by atoms with E-state index in [2.05, 4.69) is 15.1 Å². The Bertz CT molecular complexity index is 1440. The van der Waals surface area contributed by atoms with Gasteiger partial charge in [-0.2, -0.15) is 4.98 Å². The molecule has 0 saturated carbocycles. The molecule has 0 aliphatic carbocycles. The van der Waals surface area contributed by atoms with Gasteiger partial charge in [-0.3, -0.25) is 13.8 Å². The van der Waals surface area contributed by atoms with Crippen LogP contribution in [0, 0.1) is 5.41 Å². The number of ether oxygens (including phenoxy) is 1. The van der Waals surface area contributed by atoms with Gasteiger partial charge in [-0.05, 0) is 26.3 Å². The van der Waals surface area contributed by atoms with Gasteiger partial charge >= 0.3 is 7.75 Å². The number of aliphatic hydroxyl groups excluding tert-OH is 2. The van der Waals surface area contributed by atoms with Crippen molar-refractivity contribution in [3.05, 3.63) is 46.2 Å². The number of anilines is 2. The van der Waals surface area contributed by atoms with Gasteiger partial charge in [0.1, 0.15) is 29.7 Å². The molecule has 1 aliphatic rings. The average Bonchev–Trinajstić information content (AvgIpc) is 3.47. The molecule has 230 valence electrons. The largest absolute Gasteiger partial charge is 0.405 e. The van der Waals surface area contributed by atoms with Gasteiger partial charge in [0.2, 0.25) is 5.95 Å². The van der Waals surface area contributed by atoms with Crippen molar-refractivity contribution in [3.63, 3.8) is 0 Å². The third-order valence-electron chi connectivity index (χ3n) is 6.81. The minimum atomic E-state index is -3.99. The van der Waals surface area contributed by atoms with Crippen molar-refractivity contribution in [1.82, 2.24) is 15.1 Å². The second-order valence-corrected chi connectivity index (χ2v) is 14.5. The maximum Gasteiger partial charge on any atom is 0.405 e. The van der Waals surface area contributed by atoms with Crippen molar-refractivity contribution in [2.45, 2.75) is 51.2 Å². The van der Waals surface area contributed by atoms with Crippen molar-refractivity contribution in [1.29, 1.82) is 0 Å². The Morgan fingerprint density at radius 3 is 2.67 bits per heavy atom. The topological polar surface area (TPSA) is 212 Å². The number of aromatic nitrogens is 2. The van der Waals surface area contributed by atoms with Crippen LogP contribution in [0.15, 0.2) is 35.7 Å². The molecule has 1 unspecified atom stereocenters. The zero-order valence-corrected chi connectivity index (χ0v) is 26.0. The highest BCUT2D eigenvalue weighted by molar-refractivity contribution is 8.13. The predicted octanol–water partition coefficient (Wildman–Crippen LogP) is 2.62. The van der Waals surface area contributed by atoms with E-state index in [1.54, 1.807) is 19.2 Å². The first-order valence-electron chi connectivity index (χ1n) is 13.1. The summed E-state index contributed by atoms with van der Waals surface area (Å²) in [5.41, 5.74) is 10.3. The van der Waals surface area contributed by atoms with Gasteiger partial charge in [0.05, 0.1) is 41.0 Å². The molecule has 16 heteroatoms. The van der Waals surface area contributed by atoms with Crippen LogP contribution in [0.1, 0.15) is 37.3 Å². The fourth-order valence-electron chi connectivity index (χ4n) is 4.18. The van der Waals surface area contributed by atoms with Crippen molar-refractivity contribution >= 4 is 58.6 Å². The Balaban J connectivity index is 1.46. The Morgan fingerprint density at radius 1 is 1.26 bits per heavy atom. The summed E-state index contributed by atoms with van der Waals surface area (Å²) in [6.45, 7) is 4.04. The number of rotatable bonds is 13. The lowest BCUT2D eigenvalue weighted by molar-refractivity contribution is -0.119. The summed E-state index contributed by atoms with van der Waals surface area (Å²) in [4.78, 5) is 21.0. The van der Waals surface area contributed by atoms with E-state index >= 15 is 0 Å². The van der Waals surface area contributed by atoms with Crippen LogP contribution in [0.3, 0.4) is 0 Å². The summed E-state index contributed by atoms with van der Waals surface area (Å²) < 4.78 is 31.1. The highest BCUT2D eigenvalue weighted by Gasteiger charge is 2.54. The maximum atomic E-state index is 13.7. The summed E-state index contributed by atoms with van der Waals surface area (Å²) in [6.07, 6.45) is -3.53. The van der Waals surface area contributed by atoms with Crippen LogP contribution in [-0.4, -0.2) is 73.8 Å². The Hall–Kier alpha value is -2.17. The van der Waals surface area contributed by atoms with Crippen LogP contribution in [0.25, 0.3) is 10.9 Å². The molecule has 0 spiro atoms. The molecular formula is C26H36N5O8PS2. The summed E-state index contributed by atoms with van der Waals surface area (Å²) >= 11 is 2.18. The fraction of sp³-hybridized carbons (Fsp3) is 0.500. The standard InChI is InChI=1S/C26H36N5O8PS2/c1-25(2,14-32)23(34)41-10-9-37-40(36,29-11-15-7-5-4-6-8-15)38-12-17-20(33)26(3,35)21(39-17)19-18-16(13-42-19)22(27)31-24(28)30-18/h4-8,13,17,20-21,32-33,35H,9-12,14H2,1-3H3,(H,29,36)(H4,27,28,30,31)/t17-,20-,21+,26-,40?/m1/s1. The molecule has 1 aromatic carbocycles. The van der Waals surface area contributed by atoms with E-state index in [4.69, 9.17) is 25.3 Å². The molecule has 13 nitrogen and oxygen atoms in total. The van der Waals surface area contributed by atoms with Crippen LogP contribution in [0.5, 0.6) is 0 Å². The van der Waals surface area contributed by atoms with Crippen molar-refractivity contribution in [2.24, 2.45) is 5.41 Å². The Labute approximate surface area is 251 Å². The van der Waals surface area contributed by atoms with Gasteiger partial charge in [0, 0.05) is 17.7 Å². The van der Waals surface area contributed by atoms with E-state index in [0.717, 1.165) is 17.3 Å². The number of benzene rings is 1. The number of nitrogens with zero attached hydrogens (tertiary/aromatic N) is 2. The molecule has 1 aliphatic heterocycles. The summed E-state index contributed by atoms with van der Waals surface area (Å²) in [7, 11) is -3.99. The molecule has 2 aromatic heterocycles. The number of aliphatic hydroxyl groups is 3. The molecular weight excluding hydrogens is 605 g/mol. The maximum absolute atomic E-state index is 13.7. The lowest BCUT2D eigenvalue weighted by Gasteiger charge is -2.26. The van der Waals surface area contributed by atoms with Crippen LogP contribution >= 0.6 is 30.8 Å². The van der Waals surface area contributed by atoms with E-state index in [9.17, 15) is 24.7 Å². The van der Waals surface area contributed by atoms with Crippen molar-refractivity contribution in [3.8, 4) is 0 Å². The number of hydrogen-bond donors (Lipinski definition) is 6. The zero-order chi connectivity index (χ0) is 30.7. The normalized spacial score (nSPS) is 24.2. The third kappa shape index (κ3) is 7.30. The third-order valence-corrected chi connectivity index (χ3v) is 10.6. The Morgan fingerprint density at radius 2 is 1.98 bits per heavy atom. The summed E-state index contributed by atoms with van der Waals surface area (Å²) in [5.74, 6) is 0.308. The van der Waals surface area contributed by atoms with E-state index in [-0.39, 0.29) is 49.0 Å². The average molecular weight is 642 g/mol. The Kier molecular flexibility index (Phi) is 10.3. The number of thioether (sulfide) groups is 1. The number of thiophene rings is 1. The summed E-state index contributed by atoms with van der Waals surface area (Å²) in [6, 6.07) is 9.19. The van der Waals surface area contributed by atoms with Gasteiger partial charge in [-0.25, -0.2) is 14.6 Å². The smallest absolute Gasteiger partial charge is 0.395 e. The first kappa shape index (κ1) is 32.7. The van der Waals surface area contributed by atoms with E-state index in [0.29, 0.717) is 15.8 Å². The lowest BCUT2D eigenvalue weighted by Crippen LogP contribution is -2.43. The molecule has 0 amide bonds. The molecule has 1 saturated heterocycles. The van der Waals surface area contributed by atoms with Crippen molar-refractivity contribution < 1.29 is 38.5 Å². The van der Waals surface area contributed by atoms with Crippen molar-refractivity contribution in [2.75, 3.05) is 37.0 Å². The van der Waals surface area contributed by atoms with E-state index < -0.39 is 37.1 Å². The molecule has 3 heterocycles. The number of carbonyl (C=O) groups excluding carboxylic acids is 1. The molecule has 42 heavy (non-hydrogen) atoms. The fourth-order valence-corrected chi connectivity index (χ4v) is 7.59. The lowest BCUT2D eigenvalue weighted by atomic mass is 9.92. The molecule has 3 aromatic rings. The molecule has 1 fully saturated rings. The SMILES string of the molecule is CC(C)(CO)C(=O)SCCOP(=O)(NCc1ccccc1)OC[C@H]1O[C@@H](c2scc3c(N)nc(N)nc23)[C@](C)(O)[C@@H]1O. The highest BCUT2D eigenvalue weighted by atomic mass is 32.2. The van der Waals surface area contributed by atoms with Gasteiger partial charge in [-0.1, -0.05) is 42.1 Å². The first-order chi connectivity index (χ1) is 19.8. The monoisotopic (exact) mass is 641 g/mol. The number of nitrogens with one attached hydrogen (secondary N) is 1. The molecule has 4 rings (SSSR count). The van der Waals surface area contributed by atoms with Gasteiger partial charge in [0.25, 0.3) is 0 Å². The van der Waals surface area contributed by atoms with E-state index in [1.807, 2.05) is 30.3 Å². The second-order valence-electron chi connectivity index (χ2n) is 10.7. The van der Waals surface area contributed by atoms with Crippen LogP contribution in [0.2, 0.25) is 0 Å². The van der Waals surface area contributed by atoms with Gasteiger partial charge in [-0.15, -0.1) is 11.3 Å². The summed E-state index contributed by atoms with van der Waals surface area (Å²) in [5, 5.41) is 36.5. The number of nitrogen functional groups attached to an aromatic ring is 2.